The maximum Gasteiger partial charge on any atom is 0.255 e. The van der Waals surface area contributed by atoms with Crippen molar-refractivity contribution in [3.63, 3.8) is 0 Å². The van der Waals surface area contributed by atoms with Crippen molar-refractivity contribution in [3.8, 4) is 5.75 Å². The minimum atomic E-state index is -0.243. The predicted octanol–water partition coefficient (Wildman–Crippen LogP) is 3.49. The SMILES string of the molecule is COc1ccc(C(=O)Nc2ccccc2C(=O)N2CCCC2)cc1C. The summed E-state index contributed by atoms with van der Waals surface area (Å²) in [6.07, 6.45) is 2.07. The van der Waals surface area contributed by atoms with Gasteiger partial charge in [-0.25, -0.2) is 0 Å². The van der Waals surface area contributed by atoms with Crippen molar-refractivity contribution >= 4 is 17.5 Å². The molecule has 25 heavy (non-hydrogen) atoms. The van der Waals surface area contributed by atoms with Crippen LogP contribution in [0.25, 0.3) is 0 Å². The van der Waals surface area contributed by atoms with Gasteiger partial charge in [-0.3, -0.25) is 9.59 Å². The normalized spacial score (nSPS) is 13.6. The molecule has 1 saturated heterocycles. The third-order valence-electron chi connectivity index (χ3n) is 4.46. The van der Waals surface area contributed by atoms with Crippen LogP contribution in [-0.2, 0) is 0 Å². The van der Waals surface area contributed by atoms with Crippen LogP contribution in [-0.4, -0.2) is 36.9 Å². The van der Waals surface area contributed by atoms with Crippen molar-refractivity contribution in [1.82, 2.24) is 4.90 Å². The maximum absolute atomic E-state index is 12.7. The highest BCUT2D eigenvalue weighted by Gasteiger charge is 2.22. The maximum atomic E-state index is 12.7. The van der Waals surface area contributed by atoms with Crippen LogP contribution in [0.2, 0.25) is 0 Å². The number of nitrogens with one attached hydrogen (secondary N) is 1. The quantitative estimate of drug-likeness (QED) is 0.928. The minimum absolute atomic E-state index is 0.0284. The molecular formula is C20H22N2O3. The first-order chi connectivity index (χ1) is 12.1. The molecule has 130 valence electrons. The van der Waals surface area contributed by atoms with Crippen molar-refractivity contribution in [2.75, 3.05) is 25.5 Å². The van der Waals surface area contributed by atoms with Gasteiger partial charge >= 0.3 is 0 Å². The Hall–Kier alpha value is -2.82. The zero-order valence-corrected chi connectivity index (χ0v) is 14.5. The van der Waals surface area contributed by atoms with Crippen molar-refractivity contribution in [3.05, 3.63) is 59.2 Å². The Labute approximate surface area is 147 Å². The lowest BCUT2D eigenvalue weighted by Crippen LogP contribution is -2.28. The van der Waals surface area contributed by atoms with E-state index in [-0.39, 0.29) is 11.8 Å². The molecule has 1 aliphatic rings. The molecule has 2 aromatic rings. The number of ether oxygens (including phenoxy) is 1. The van der Waals surface area contributed by atoms with Crippen LogP contribution in [0, 0.1) is 6.92 Å². The van der Waals surface area contributed by atoms with E-state index >= 15 is 0 Å². The lowest BCUT2D eigenvalue weighted by molar-refractivity contribution is 0.0794. The van der Waals surface area contributed by atoms with Gasteiger partial charge in [0, 0.05) is 18.7 Å². The van der Waals surface area contributed by atoms with Gasteiger partial charge in [-0.15, -0.1) is 0 Å². The van der Waals surface area contributed by atoms with Crippen LogP contribution >= 0.6 is 0 Å². The molecule has 0 unspecified atom stereocenters. The van der Waals surface area contributed by atoms with Crippen LogP contribution in [0.4, 0.5) is 5.69 Å². The van der Waals surface area contributed by atoms with Crippen molar-refractivity contribution in [1.29, 1.82) is 0 Å². The molecule has 0 bridgehead atoms. The molecule has 1 fully saturated rings. The molecule has 2 amide bonds. The van der Waals surface area contributed by atoms with Crippen LogP contribution in [0.15, 0.2) is 42.5 Å². The first kappa shape index (κ1) is 17.0. The summed E-state index contributed by atoms with van der Waals surface area (Å²) in [5.41, 5.74) is 2.49. The summed E-state index contributed by atoms with van der Waals surface area (Å²) < 4.78 is 5.22. The average molecular weight is 338 g/mol. The van der Waals surface area contributed by atoms with Crippen molar-refractivity contribution in [2.24, 2.45) is 0 Å². The summed E-state index contributed by atoms with van der Waals surface area (Å²) in [6.45, 7) is 3.44. The molecule has 0 aromatic heterocycles. The van der Waals surface area contributed by atoms with E-state index in [1.165, 1.54) is 0 Å². The van der Waals surface area contributed by atoms with Gasteiger partial charge in [0.15, 0.2) is 0 Å². The first-order valence-corrected chi connectivity index (χ1v) is 8.44. The van der Waals surface area contributed by atoms with Crippen molar-refractivity contribution < 1.29 is 14.3 Å². The fraction of sp³-hybridized carbons (Fsp3) is 0.300. The number of hydrogen-bond acceptors (Lipinski definition) is 3. The number of likely N-dealkylation sites (tertiary alicyclic amines) is 1. The molecule has 1 heterocycles. The van der Waals surface area contributed by atoms with Crippen LogP contribution < -0.4 is 10.1 Å². The molecule has 0 aliphatic carbocycles. The number of nitrogens with zero attached hydrogens (tertiary/aromatic N) is 1. The van der Waals surface area contributed by atoms with E-state index in [2.05, 4.69) is 5.32 Å². The van der Waals surface area contributed by atoms with Gasteiger partial charge in [0.1, 0.15) is 5.75 Å². The molecule has 3 rings (SSSR count). The van der Waals surface area contributed by atoms with Crippen LogP contribution in [0.3, 0.4) is 0 Å². The summed E-state index contributed by atoms with van der Waals surface area (Å²) >= 11 is 0. The summed E-state index contributed by atoms with van der Waals surface area (Å²) in [5.74, 6) is 0.466. The van der Waals surface area contributed by atoms with Gasteiger partial charge in [-0.1, -0.05) is 12.1 Å². The molecule has 0 spiro atoms. The molecule has 0 atom stereocenters. The molecule has 1 aliphatic heterocycles. The summed E-state index contributed by atoms with van der Waals surface area (Å²) in [5, 5.41) is 2.87. The monoisotopic (exact) mass is 338 g/mol. The Morgan fingerprint density at radius 2 is 1.80 bits per heavy atom. The van der Waals surface area contributed by atoms with E-state index in [0.29, 0.717) is 16.8 Å². The number of amides is 2. The topological polar surface area (TPSA) is 58.6 Å². The number of carbonyl (C=O) groups is 2. The van der Waals surface area contributed by atoms with Crippen LogP contribution in [0.1, 0.15) is 39.1 Å². The van der Waals surface area contributed by atoms with E-state index in [9.17, 15) is 9.59 Å². The van der Waals surface area contributed by atoms with Gasteiger partial charge in [-0.2, -0.15) is 0 Å². The highest BCUT2D eigenvalue weighted by molar-refractivity contribution is 6.09. The lowest BCUT2D eigenvalue weighted by atomic mass is 10.1. The highest BCUT2D eigenvalue weighted by atomic mass is 16.5. The summed E-state index contributed by atoms with van der Waals surface area (Å²) in [4.78, 5) is 27.1. The zero-order chi connectivity index (χ0) is 17.8. The van der Waals surface area contributed by atoms with E-state index in [1.54, 1.807) is 37.4 Å². The molecule has 1 N–H and O–H groups in total. The Kier molecular flexibility index (Phi) is 5.03. The molecule has 5 nitrogen and oxygen atoms in total. The standard InChI is InChI=1S/C20H22N2O3/c1-14-13-15(9-10-18(14)25-2)19(23)21-17-8-4-3-7-16(17)20(24)22-11-5-6-12-22/h3-4,7-10,13H,5-6,11-12H2,1-2H3,(H,21,23). The molecule has 2 aromatic carbocycles. The second kappa shape index (κ2) is 7.38. The Morgan fingerprint density at radius 3 is 2.48 bits per heavy atom. The number of rotatable bonds is 4. The number of aryl methyl sites for hydroxylation is 1. The average Bonchev–Trinajstić information content (AvgIpc) is 3.16. The van der Waals surface area contributed by atoms with Gasteiger partial charge in [0.05, 0.1) is 18.4 Å². The number of para-hydroxylation sites is 1. The van der Waals surface area contributed by atoms with E-state index in [4.69, 9.17) is 4.74 Å². The Balaban J connectivity index is 1.82. The van der Waals surface area contributed by atoms with Crippen LogP contribution in [0.5, 0.6) is 5.75 Å². The predicted molar refractivity (Wildman–Crippen MR) is 97.3 cm³/mol. The molecule has 0 radical (unpaired) electrons. The lowest BCUT2D eigenvalue weighted by Gasteiger charge is -2.18. The van der Waals surface area contributed by atoms with Gasteiger partial charge in [0.25, 0.3) is 11.8 Å². The van der Waals surface area contributed by atoms with E-state index in [1.807, 2.05) is 24.0 Å². The Morgan fingerprint density at radius 1 is 1.08 bits per heavy atom. The summed E-state index contributed by atoms with van der Waals surface area (Å²) in [7, 11) is 1.60. The smallest absolute Gasteiger partial charge is 0.255 e. The fourth-order valence-electron chi connectivity index (χ4n) is 3.08. The second-order valence-corrected chi connectivity index (χ2v) is 6.18. The number of carbonyl (C=O) groups excluding carboxylic acids is 2. The minimum Gasteiger partial charge on any atom is -0.496 e. The van der Waals surface area contributed by atoms with Gasteiger partial charge in [-0.05, 0) is 55.7 Å². The third kappa shape index (κ3) is 3.65. The second-order valence-electron chi connectivity index (χ2n) is 6.18. The number of methoxy groups -OCH3 is 1. The molecule has 5 heteroatoms. The summed E-state index contributed by atoms with van der Waals surface area (Å²) in [6, 6.07) is 12.4. The number of hydrogen-bond donors (Lipinski definition) is 1. The first-order valence-electron chi connectivity index (χ1n) is 8.44. The number of anilines is 1. The molecule has 0 saturated carbocycles. The molecular weight excluding hydrogens is 316 g/mol. The fourth-order valence-corrected chi connectivity index (χ4v) is 3.08. The van der Waals surface area contributed by atoms with Gasteiger partial charge < -0.3 is 15.0 Å². The third-order valence-corrected chi connectivity index (χ3v) is 4.46. The Bertz CT molecular complexity index is 795. The largest absolute Gasteiger partial charge is 0.496 e. The van der Waals surface area contributed by atoms with Gasteiger partial charge in [0.2, 0.25) is 0 Å². The highest BCUT2D eigenvalue weighted by Crippen LogP contribution is 2.22. The number of benzene rings is 2. The zero-order valence-electron chi connectivity index (χ0n) is 14.5. The van der Waals surface area contributed by atoms with E-state index in [0.717, 1.165) is 37.2 Å². The van der Waals surface area contributed by atoms with E-state index < -0.39 is 0 Å². The van der Waals surface area contributed by atoms with Crippen molar-refractivity contribution in [2.45, 2.75) is 19.8 Å².